The number of halogens is 2. The van der Waals surface area contributed by atoms with Crippen molar-refractivity contribution in [2.45, 2.75) is 6.42 Å². The van der Waals surface area contributed by atoms with E-state index in [0.717, 1.165) is 4.47 Å². The van der Waals surface area contributed by atoms with Crippen molar-refractivity contribution in [1.29, 1.82) is 0 Å². The molecule has 0 fully saturated rings. The van der Waals surface area contributed by atoms with Crippen LogP contribution in [0.25, 0.3) is 0 Å². The van der Waals surface area contributed by atoms with E-state index in [1.807, 2.05) is 0 Å². The Labute approximate surface area is 106 Å². The number of ketones is 1. The molecule has 0 N–H and O–H groups in total. The van der Waals surface area contributed by atoms with Crippen LogP contribution in [0, 0.1) is 0 Å². The van der Waals surface area contributed by atoms with Gasteiger partial charge in [0, 0.05) is 10.0 Å². The summed E-state index contributed by atoms with van der Waals surface area (Å²) in [5.41, 5.74) is 0.515. The van der Waals surface area contributed by atoms with Gasteiger partial charge in [0.2, 0.25) is 0 Å². The number of hydrogen-bond donors (Lipinski definition) is 0. The van der Waals surface area contributed by atoms with Gasteiger partial charge in [-0.1, -0.05) is 27.5 Å². The lowest BCUT2D eigenvalue weighted by Crippen LogP contribution is -2.03. The second-order valence-electron chi connectivity index (χ2n) is 3.30. The van der Waals surface area contributed by atoms with E-state index in [0.29, 0.717) is 16.3 Å². The predicted octanol–water partition coefficient (Wildman–Crippen LogP) is 4.12. The second-order valence-corrected chi connectivity index (χ2v) is 4.63. The van der Waals surface area contributed by atoms with E-state index >= 15 is 0 Å². The Morgan fingerprint density at radius 1 is 1.38 bits per heavy atom. The molecule has 2 nitrogen and oxygen atoms in total. The normalized spacial score (nSPS) is 10.4. The number of Topliss-reactive ketones (excluding diaryl/α,β-unsaturated/α-hetero) is 1. The van der Waals surface area contributed by atoms with Gasteiger partial charge in [0.05, 0.1) is 17.7 Å². The molecule has 0 atom stereocenters. The predicted molar refractivity (Wildman–Crippen MR) is 65.9 cm³/mol. The molecule has 1 aromatic carbocycles. The van der Waals surface area contributed by atoms with Crippen LogP contribution in [-0.4, -0.2) is 5.78 Å². The molecule has 16 heavy (non-hydrogen) atoms. The van der Waals surface area contributed by atoms with Crippen LogP contribution in [0.15, 0.2) is 45.5 Å². The molecule has 82 valence electrons. The first kappa shape index (κ1) is 11.4. The summed E-state index contributed by atoms with van der Waals surface area (Å²) in [6, 6.07) is 8.73. The summed E-state index contributed by atoms with van der Waals surface area (Å²) in [6.07, 6.45) is 1.78. The van der Waals surface area contributed by atoms with Crippen molar-refractivity contribution in [1.82, 2.24) is 0 Å². The molecule has 0 bridgehead atoms. The highest BCUT2D eigenvalue weighted by atomic mass is 79.9. The zero-order valence-electron chi connectivity index (χ0n) is 8.24. The van der Waals surface area contributed by atoms with E-state index in [9.17, 15) is 4.79 Å². The monoisotopic (exact) mass is 298 g/mol. The fourth-order valence-corrected chi connectivity index (χ4v) is 2.16. The van der Waals surface area contributed by atoms with Crippen molar-refractivity contribution in [3.05, 3.63) is 57.4 Å². The zero-order valence-corrected chi connectivity index (χ0v) is 10.6. The van der Waals surface area contributed by atoms with Crippen LogP contribution in [0.5, 0.6) is 0 Å². The maximum Gasteiger partial charge on any atom is 0.171 e. The summed E-state index contributed by atoms with van der Waals surface area (Å²) >= 11 is 9.27. The summed E-state index contributed by atoms with van der Waals surface area (Å²) in [6.45, 7) is 0. The SMILES string of the molecule is O=C(Cc1ccco1)c1ccc(Br)cc1Cl. The third-order valence-electron chi connectivity index (χ3n) is 2.15. The van der Waals surface area contributed by atoms with E-state index in [-0.39, 0.29) is 12.2 Å². The number of benzene rings is 1. The molecule has 0 saturated heterocycles. The Hall–Kier alpha value is -1.06. The van der Waals surface area contributed by atoms with Crippen LogP contribution in [0.1, 0.15) is 16.1 Å². The number of carbonyl (C=O) groups is 1. The maximum absolute atomic E-state index is 11.9. The summed E-state index contributed by atoms with van der Waals surface area (Å²) in [5, 5.41) is 0.450. The van der Waals surface area contributed by atoms with Crippen molar-refractivity contribution in [3.8, 4) is 0 Å². The average Bonchev–Trinajstić information content (AvgIpc) is 2.70. The summed E-state index contributed by atoms with van der Waals surface area (Å²) in [4.78, 5) is 11.9. The molecule has 1 aromatic heterocycles. The Kier molecular flexibility index (Phi) is 3.46. The Bertz CT molecular complexity index is 506. The largest absolute Gasteiger partial charge is 0.469 e. The van der Waals surface area contributed by atoms with Crippen molar-refractivity contribution >= 4 is 33.3 Å². The fourth-order valence-electron chi connectivity index (χ4n) is 1.38. The molecule has 4 heteroatoms. The Morgan fingerprint density at radius 2 is 2.19 bits per heavy atom. The molecule has 0 saturated carbocycles. The topological polar surface area (TPSA) is 30.2 Å². The molecule has 0 aliphatic heterocycles. The minimum Gasteiger partial charge on any atom is -0.469 e. The van der Waals surface area contributed by atoms with Crippen molar-refractivity contribution in [3.63, 3.8) is 0 Å². The third-order valence-corrected chi connectivity index (χ3v) is 2.95. The van der Waals surface area contributed by atoms with Gasteiger partial charge in [0.25, 0.3) is 0 Å². The molecule has 0 aliphatic carbocycles. The molecule has 0 spiro atoms. The highest BCUT2D eigenvalue weighted by Crippen LogP contribution is 2.22. The van der Waals surface area contributed by atoms with Gasteiger partial charge in [-0.3, -0.25) is 4.79 Å². The average molecular weight is 300 g/mol. The minimum absolute atomic E-state index is 0.0487. The van der Waals surface area contributed by atoms with Crippen LogP contribution in [0.2, 0.25) is 5.02 Å². The Morgan fingerprint density at radius 3 is 2.81 bits per heavy atom. The van der Waals surface area contributed by atoms with Gasteiger partial charge < -0.3 is 4.42 Å². The van der Waals surface area contributed by atoms with Crippen molar-refractivity contribution < 1.29 is 9.21 Å². The molecule has 1 heterocycles. The number of carbonyl (C=O) groups excluding carboxylic acids is 1. The molecule has 0 radical (unpaired) electrons. The Balaban J connectivity index is 2.21. The summed E-state index contributed by atoms with van der Waals surface area (Å²) in [5.74, 6) is 0.594. The van der Waals surface area contributed by atoms with Crippen LogP contribution >= 0.6 is 27.5 Å². The molecular formula is C12H8BrClO2. The lowest BCUT2D eigenvalue weighted by molar-refractivity contribution is 0.0987. The van der Waals surface area contributed by atoms with Gasteiger partial charge in [-0.05, 0) is 30.3 Å². The van der Waals surface area contributed by atoms with Gasteiger partial charge >= 0.3 is 0 Å². The van der Waals surface area contributed by atoms with Gasteiger partial charge in [-0.2, -0.15) is 0 Å². The first-order chi connectivity index (χ1) is 7.66. The minimum atomic E-state index is -0.0487. The first-order valence-electron chi connectivity index (χ1n) is 4.67. The molecular weight excluding hydrogens is 291 g/mol. The van der Waals surface area contributed by atoms with Gasteiger partial charge in [-0.15, -0.1) is 0 Å². The lowest BCUT2D eigenvalue weighted by atomic mass is 10.1. The van der Waals surface area contributed by atoms with E-state index in [2.05, 4.69) is 15.9 Å². The van der Waals surface area contributed by atoms with Crippen LogP contribution in [0.3, 0.4) is 0 Å². The zero-order chi connectivity index (χ0) is 11.5. The highest BCUT2D eigenvalue weighted by molar-refractivity contribution is 9.10. The maximum atomic E-state index is 11.9. The molecule has 2 aromatic rings. The fraction of sp³-hybridized carbons (Fsp3) is 0.0833. The third kappa shape index (κ3) is 2.54. The number of furan rings is 1. The highest BCUT2D eigenvalue weighted by Gasteiger charge is 2.12. The first-order valence-corrected chi connectivity index (χ1v) is 5.84. The number of rotatable bonds is 3. The van der Waals surface area contributed by atoms with Gasteiger partial charge in [-0.25, -0.2) is 0 Å². The van der Waals surface area contributed by atoms with E-state index in [1.165, 1.54) is 0 Å². The molecule has 0 amide bonds. The van der Waals surface area contributed by atoms with Crippen LogP contribution in [0.4, 0.5) is 0 Å². The van der Waals surface area contributed by atoms with Crippen molar-refractivity contribution in [2.75, 3.05) is 0 Å². The molecule has 0 aliphatic rings. The number of hydrogen-bond acceptors (Lipinski definition) is 2. The summed E-state index contributed by atoms with van der Waals surface area (Å²) in [7, 11) is 0. The van der Waals surface area contributed by atoms with E-state index in [4.69, 9.17) is 16.0 Å². The van der Waals surface area contributed by atoms with Crippen LogP contribution < -0.4 is 0 Å². The van der Waals surface area contributed by atoms with Gasteiger partial charge in [0.1, 0.15) is 5.76 Å². The quantitative estimate of drug-likeness (QED) is 0.798. The van der Waals surface area contributed by atoms with Crippen LogP contribution in [-0.2, 0) is 6.42 Å². The van der Waals surface area contributed by atoms with E-state index in [1.54, 1.807) is 36.6 Å². The lowest BCUT2D eigenvalue weighted by Gasteiger charge is -2.02. The van der Waals surface area contributed by atoms with E-state index < -0.39 is 0 Å². The summed E-state index contributed by atoms with van der Waals surface area (Å²) < 4.78 is 5.97. The standard InChI is InChI=1S/C12H8BrClO2/c13-8-3-4-10(11(14)6-8)12(15)7-9-2-1-5-16-9/h1-6H,7H2. The smallest absolute Gasteiger partial charge is 0.171 e. The second kappa shape index (κ2) is 4.85. The molecule has 0 unspecified atom stereocenters. The van der Waals surface area contributed by atoms with Crippen molar-refractivity contribution in [2.24, 2.45) is 0 Å². The molecule has 2 rings (SSSR count). The van der Waals surface area contributed by atoms with Gasteiger partial charge in [0.15, 0.2) is 5.78 Å².